The molecule has 168 valence electrons. The fraction of sp³-hybridized carbons (Fsp3) is 0.192. The predicted molar refractivity (Wildman–Crippen MR) is 134 cm³/mol. The second kappa shape index (κ2) is 10.4. The van der Waals surface area contributed by atoms with Gasteiger partial charge >= 0.3 is 0 Å². The van der Waals surface area contributed by atoms with E-state index in [0.717, 1.165) is 27.8 Å². The molecule has 1 N–H and O–H groups in total. The van der Waals surface area contributed by atoms with Crippen LogP contribution in [0.2, 0.25) is 0 Å². The average molecular weight is 459 g/mol. The number of benzene rings is 3. The Bertz CT molecular complexity index is 1290. The van der Waals surface area contributed by atoms with Crippen LogP contribution in [0.15, 0.2) is 78.5 Å². The number of rotatable bonds is 9. The summed E-state index contributed by atoms with van der Waals surface area (Å²) in [6.45, 7) is 8.71. The molecule has 4 aromatic rings. The molecule has 33 heavy (non-hydrogen) atoms. The Balaban J connectivity index is 1.42. The molecule has 6 nitrogen and oxygen atoms in total. The standard InChI is InChI=1S/C26H26N4O2S/c1-4-14-30-24(16-32-23-11-7-9-20-8-5-6-10-22(20)23)28-29-26(30)33-17-25(31)27-21-13-12-18(2)19(3)15-21/h4-13,15H,1,14,16-17H2,2-3H3,(H,27,31). The first-order chi connectivity index (χ1) is 16.0. The number of ether oxygens (including phenoxy) is 1. The van der Waals surface area contributed by atoms with Gasteiger partial charge in [-0.2, -0.15) is 0 Å². The van der Waals surface area contributed by atoms with Gasteiger partial charge in [0.2, 0.25) is 5.91 Å². The van der Waals surface area contributed by atoms with Gasteiger partial charge in [0.05, 0.1) is 5.75 Å². The van der Waals surface area contributed by atoms with Crippen LogP contribution < -0.4 is 10.1 Å². The van der Waals surface area contributed by atoms with Crippen LogP contribution >= 0.6 is 11.8 Å². The maximum absolute atomic E-state index is 12.5. The van der Waals surface area contributed by atoms with E-state index in [1.165, 1.54) is 17.3 Å². The van der Waals surface area contributed by atoms with Gasteiger partial charge in [0, 0.05) is 17.6 Å². The van der Waals surface area contributed by atoms with E-state index in [1.54, 1.807) is 6.08 Å². The van der Waals surface area contributed by atoms with E-state index >= 15 is 0 Å². The number of hydrogen-bond acceptors (Lipinski definition) is 5. The van der Waals surface area contributed by atoms with Gasteiger partial charge in [-0.05, 0) is 48.6 Å². The largest absolute Gasteiger partial charge is 0.485 e. The van der Waals surface area contributed by atoms with Crippen molar-refractivity contribution in [1.82, 2.24) is 14.8 Å². The molecule has 1 amide bonds. The molecule has 0 fully saturated rings. The summed E-state index contributed by atoms with van der Waals surface area (Å²) in [4.78, 5) is 12.5. The summed E-state index contributed by atoms with van der Waals surface area (Å²) in [5.74, 6) is 1.61. The molecule has 0 atom stereocenters. The Hall–Kier alpha value is -3.58. The zero-order valence-corrected chi connectivity index (χ0v) is 19.6. The molecule has 0 aliphatic carbocycles. The van der Waals surface area contributed by atoms with Gasteiger partial charge < -0.3 is 10.1 Å². The van der Waals surface area contributed by atoms with Gasteiger partial charge in [-0.25, -0.2) is 0 Å². The summed E-state index contributed by atoms with van der Waals surface area (Å²) in [5.41, 5.74) is 3.13. The van der Waals surface area contributed by atoms with E-state index in [-0.39, 0.29) is 18.3 Å². The number of allylic oxidation sites excluding steroid dienone is 1. The van der Waals surface area contributed by atoms with Gasteiger partial charge in [-0.1, -0.05) is 60.3 Å². The lowest BCUT2D eigenvalue weighted by atomic mass is 10.1. The topological polar surface area (TPSA) is 69.0 Å². The lowest BCUT2D eigenvalue weighted by Crippen LogP contribution is -2.15. The summed E-state index contributed by atoms with van der Waals surface area (Å²) < 4.78 is 8.01. The number of anilines is 1. The number of amides is 1. The fourth-order valence-corrected chi connectivity index (χ4v) is 4.22. The van der Waals surface area contributed by atoms with E-state index in [1.807, 2.05) is 66.9 Å². The number of nitrogens with zero attached hydrogens (tertiary/aromatic N) is 3. The van der Waals surface area contributed by atoms with Gasteiger partial charge in [0.15, 0.2) is 11.0 Å². The first kappa shape index (κ1) is 22.6. The highest BCUT2D eigenvalue weighted by molar-refractivity contribution is 7.99. The molecule has 0 aliphatic heterocycles. The molecule has 7 heteroatoms. The summed E-state index contributed by atoms with van der Waals surface area (Å²) in [7, 11) is 0. The number of aryl methyl sites for hydroxylation is 2. The fourth-order valence-electron chi connectivity index (χ4n) is 3.46. The van der Waals surface area contributed by atoms with Crippen LogP contribution in [0.3, 0.4) is 0 Å². The second-order valence-electron chi connectivity index (χ2n) is 7.70. The van der Waals surface area contributed by atoms with E-state index < -0.39 is 0 Å². The van der Waals surface area contributed by atoms with Gasteiger partial charge in [0.1, 0.15) is 12.4 Å². The maximum atomic E-state index is 12.5. The van der Waals surface area contributed by atoms with Crippen LogP contribution in [0.5, 0.6) is 5.75 Å². The van der Waals surface area contributed by atoms with Crippen LogP contribution in [0.4, 0.5) is 5.69 Å². The minimum Gasteiger partial charge on any atom is -0.485 e. The molecule has 0 radical (unpaired) electrons. The van der Waals surface area contributed by atoms with Crippen molar-refractivity contribution in [3.63, 3.8) is 0 Å². The van der Waals surface area contributed by atoms with E-state index in [2.05, 4.69) is 34.2 Å². The normalized spacial score (nSPS) is 10.8. The summed E-state index contributed by atoms with van der Waals surface area (Å²) in [5, 5.41) is 14.3. The molecule has 0 bridgehead atoms. The third-order valence-electron chi connectivity index (χ3n) is 5.33. The Labute approximate surface area is 197 Å². The average Bonchev–Trinajstić information content (AvgIpc) is 3.20. The lowest BCUT2D eigenvalue weighted by Gasteiger charge is -2.11. The first-order valence-electron chi connectivity index (χ1n) is 10.7. The zero-order chi connectivity index (χ0) is 23.2. The van der Waals surface area contributed by atoms with Crippen molar-refractivity contribution >= 4 is 34.1 Å². The monoisotopic (exact) mass is 458 g/mol. The molecule has 4 rings (SSSR count). The Kier molecular flexibility index (Phi) is 7.10. The first-order valence-corrected chi connectivity index (χ1v) is 11.7. The summed E-state index contributed by atoms with van der Waals surface area (Å²) in [6, 6.07) is 20.0. The number of fused-ring (bicyclic) bond motifs is 1. The second-order valence-corrected chi connectivity index (χ2v) is 8.64. The zero-order valence-electron chi connectivity index (χ0n) is 18.7. The molecule has 1 aromatic heterocycles. The van der Waals surface area contributed by atoms with Crippen molar-refractivity contribution in [2.75, 3.05) is 11.1 Å². The van der Waals surface area contributed by atoms with Crippen LogP contribution in [0.1, 0.15) is 17.0 Å². The van der Waals surface area contributed by atoms with Crippen LogP contribution in [0, 0.1) is 13.8 Å². The number of carbonyl (C=O) groups is 1. The highest BCUT2D eigenvalue weighted by atomic mass is 32.2. The Morgan fingerprint density at radius 3 is 2.73 bits per heavy atom. The molecule has 0 saturated heterocycles. The van der Waals surface area contributed by atoms with Gasteiger partial charge in [0.25, 0.3) is 0 Å². The molecule has 3 aromatic carbocycles. The van der Waals surface area contributed by atoms with Gasteiger partial charge in [-0.3, -0.25) is 9.36 Å². The van der Waals surface area contributed by atoms with Crippen molar-refractivity contribution < 1.29 is 9.53 Å². The number of thioether (sulfide) groups is 1. The smallest absolute Gasteiger partial charge is 0.234 e. The van der Waals surface area contributed by atoms with Crippen molar-refractivity contribution in [2.45, 2.75) is 32.2 Å². The Morgan fingerprint density at radius 2 is 1.91 bits per heavy atom. The Morgan fingerprint density at radius 1 is 1.09 bits per heavy atom. The maximum Gasteiger partial charge on any atom is 0.234 e. The van der Waals surface area contributed by atoms with Gasteiger partial charge in [-0.15, -0.1) is 16.8 Å². The molecule has 0 unspecified atom stereocenters. The van der Waals surface area contributed by atoms with Crippen LogP contribution in [-0.2, 0) is 17.9 Å². The van der Waals surface area contributed by atoms with Crippen molar-refractivity contribution in [3.05, 3.63) is 90.3 Å². The van der Waals surface area contributed by atoms with Crippen molar-refractivity contribution in [3.8, 4) is 5.75 Å². The molecule has 0 aliphatic rings. The molecular weight excluding hydrogens is 432 g/mol. The van der Waals surface area contributed by atoms with E-state index in [4.69, 9.17) is 4.74 Å². The third kappa shape index (κ3) is 5.43. The minimum absolute atomic E-state index is 0.0926. The minimum atomic E-state index is -0.0926. The number of aromatic nitrogens is 3. The summed E-state index contributed by atoms with van der Waals surface area (Å²) in [6.07, 6.45) is 1.78. The molecule has 1 heterocycles. The highest BCUT2D eigenvalue weighted by Crippen LogP contribution is 2.26. The van der Waals surface area contributed by atoms with E-state index in [9.17, 15) is 4.79 Å². The highest BCUT2D eigenvalue weighted by Gasteiger charge is 2.15. The van der Waals surface area contributed by atoms with Crippen LogP contribution in [-0.4, -0.2) is 26.4 Å². The number of carbonyl (C=O) groups excluding carboxylic acids is 1. The van der Waals surface area contributed by atoms with Crippen molar-refractivity contribution in [2.24, 2.45) is 0 Å². The number of nitrogens with one attached hydrogen (secondary N) is 1. The molecular formula is C26H26N4O2S. The predicted octanol–water partition coefficient (Wildman–Crippen LogP) is 5.54. The quantitative estimate of drug-likeness (QED) is 0.263. The van der Waals surface area contributed by atoms with Crippen LogP contribution in [0.25, 0.3) is 10.8 Å². The van der Waals surface area contributed by atoms with Crippen molar-refractivity contribution in [1.29, 1.82) is 0 Å². The molecule has 0 saturated carbocycles. The SMILES string of the molecule is C=CCn1c(COc2cccc3ccccc23)nnc1SCC(=O)Nc1ccc(C)c(C)c1. The summed E-state index contributed by atoms with van der Waals surface area (Å²) >= 11 is 1.34. The lowest BCUT2D eigenvalue weighted by molar-refractivity contribution is -0.113. The van der Waals surface area contributed by atoms with E-state index in [0.29, 0.717) is 17.5 Å². The molecule has 0 spiro atoms. The number of hydrogen-bond donors (Lipinski definition) is 1. The third-order valence-corrected chi connectivity index (χ3v) is 6.30.